The number of hydrogen-bond donors (Lipinski definition) is 1. The molecule has 0 aliphatic carbocycles. The summed E-state index contributed by atoms with van der Waals surface area (Å²) >= 11 is 9.09. The Morgan fingerprint density at radius 2 is 2.23 bits per heavy atom. The van der Waals surface area contributed by atoms with Crippen LogP contribution in [0.4, 0.5) is 0 Å². The summed E-state index contributed by atoms with van der Waals surface area (Å²) in [4.78, 5) is 10.2. The average Bonchev–Trinajstić information content (AvgIpc) is 2.02. The zero-order valence-corrected chi connectivity index (χ0v) is 8.84. The van der Waals surface area contributed by atoms with Crippen molar-refractivity contribution < 1.29 is 9.90 Å². The lowest BCUT2D eigenvalue weighted by molar-refractivity contribution is -0.131. The molecular weight excluding hydrogens is 255 g/mol. The van der Waals surface area contributed by atoms with Crippen molar-refractivity contribution in [1.29, 1.82) is 0 Å². The molecule has 1 rings (SSSR count). The van der Waals surface area contributed by atoms with E-state index in [4.69, 9.17) is 16.7 Å². The molecule has 0 aliphatic heterocycles. The molecule has 0 atom stereocenters. The summed E-state index contributed by atoms with van der Waals surface area (Å²) in [5.74, 6) is -0.987. The summed E-state index contributed by atoms with van der Waals surface area (Å²) in [5, 5.41) is 8.90. The molecule has 0 radical (unpaired) electrons. The molecule has 0 spiro atoms. The second-order valence-corrected chi connectivity index (χ2v) is 3.66. The van der Waals surface area contributed by atoms with Gasteiger partial charge in [-0.3, -0.25) is 0 Å². The third kappa shape index (κ3) is 3.20. The monoisotopic (exact) mass is 260 g/mol. The Bertz CT molecular complexity index is 361. The molecule has 0 saturated carbocycles. The molecule has 0 aliphatic rings. The van der Waals surface area contributed by atoms with Crippen molar-refractivity contribution in [1.82, 2.24) is 0 Å². The van der Waals surface area contributed by atoms with Gasteiger partial charge in [-0.2, -0.15) is 0 Å². The minimum absolute atomic E-state index is 0.520. The van der Waals surface area contributed by atoms with E-state index in [2.05, 4.69) is 15.9 Å². The number of carbonyl (C=O) groups is 1. The maximum absolute atomic E-state index is 10.2. The van der Waals surface area contributed by atoms with Crippen LogP contribution < -0.4 is 0 Å². The molecule has 4 heteroatoms. The summed E-state index contributed by atoms with van der Waals surface area (Å²) in [6.07, 6.45) is 2.51. The largest absolute Gasteiger partial charge is 0.478 e. The van der Waals surface area contributed by atoms with E-state index in [-0.39, 0.29) is 0 Å². The molecule has 0 fully saturated rings. The molecule has 1 aromatic rings. The zero-order chi connectivity index (χ0) is 9.84. The molecule has 0 aromatic heterocycles. The van der Waals surface area contributed by atoms with Gasteiger partial charge in [-0.1, -0.05) is 33.6 Å². The number of carboxylic acid groups (broad SMARTS) is 1. The van der Waals surface area contributed by atoms with Gasteiger partial charge in [0.15, 0.2) is 0 Å². The van der Waals surface area contributed by atoms with E-state index in [1.54, 1.807) is 18.2 Å². The summed E-state index contributed by atoms with van der Waals surface area (Å²) in [7, 11) is 0. The Kier molecular flexibility index (Phi) is 3.51. The summed E-state index contributed by atoms with van der Waals surface area (Å²) < 4.78 is 0.866. The SMILES string of the molecule is O=C(O)/C=C\c1ccc(Br)cc1Cl. The Morgan fingerprint density at radius 1 is 1.54 bits per heavy atom. The molecule has 0 heterocycles. The molecule has 13 heavy (non-hydrogen) atoms. The first-order chi connectivity index (χ1) is 6.09. The van der Waals surface area contributed by atoms with Crippen LogP contribution in [0.2, 0.25) is 5.02 Å². The van der Waals surface area contributed by atoms with Crippen LogP contribution >= 0.6 is 27.5 Å². The van der Waals surface area contributed by atoms with Gasteiger partial charge in [-0.25, -0.2) is 4.79 Å². The second-order valence-electron chi connectivity index (χ2n) is 2.34. The van der Waals surface area contributed by atoms with Crippen LogP contribution in [0, 0.1) is 0 Å². The van der Waals surface area contributed by atoms with Crippen LogP contribution in [0.3, 0.4) is 0 Å². The highest BCUT2D eigenvalue weighted by Crippen LogP contribution is 2.22. The van der Waals surface area contributed by atoms with Crippen LogP contribution in [0.1, 0.15) is 5.56 Å². The molecule has 68 valence electrons. The maximum Gasteiger partial charge on any atom is 0.328 e. The van der Waals surface area contributed by atoms with E-state index in [0.29, 0.717) is 10.6 Å². The van der Waals surface area contributed by atoms with Crippen molar-refractivity contribution in [3.05, 3.63) is 39.3 Å². The van der Waals surface area contributed by atoms with Crippen LogP contribution in [0.5, 0.6) is 0 Å². The predicted octanol–water partition coefficient (Wildman–Crippen LogP) is 3.20. The minimum atomic E-state index is -0.987. The highest BCUT2D eigenvalue weighted by Gasteiger charge is 1.97. The number of aliphatic carboxylic acids is 1. The predicted molar refractivity (Wildman–Crippen MR) is 55.8 cm³/mol. The average molecular weight is 262 g/mol. The molecule has 2 nitrogen and oxygen atoms in total. The van der Waals surface area contributed by atoms with Crippen molar-refractivity contribution in [3.63, 3.8) is 0 Å². The number of benzene rings is 1. The summed E-state index contributed by atoms with van der Waals surface area (Å²) in [6.45, 7) is 0. The van der Waals surface area contributed by atoms with Gasteiger partial charge >= 0.3 is 5.97 Å². The number of carboxylic acids is 1. The molecule has 0 amide bonds. The van der Waals surface area contributed by atoms with Gasteiger partial charge < -0.3 is 5.11 Å². The highest BCUT2D eigenvalue weighted by atomic mass is 79.9. The minimum Gasteiger partial charge on any atom is -0.478 e. The molecule has 1 N–H and O–H groups in total. The van der Waals surface area contributed by atoms with E-state index in [1.165, 1.54) is 6.08 Å². The lowest BCUT2D eigenvalue weighted by Gasteiger charge is -1.97. The highest BCUT2D eigenvalue weighted by molar-refractivity contribution is 9.10. The van der Waals surface area contributed by atoms with Crippen molar-refractivity contribution in [2.75, 3.05) is 0 Å². The van der Waals surface area contributed by atoms with Crippen LogP contribution in [0.25, 0.3) is 6.08 Å². The van der Waals surface area contributed by atoms with E-state index in [1.807, 2.05) is 0 Å². The van der Waals surface area contributed by atoms with E-state index >= 15 is 0 Å². The Balaban J connectivity index is 2.96. The van der Waals surface area contributed by atoms with Gasteiger partial charge in [0.05, 0.1) is 0 Å². The summed E-state index contributed by atoms with van der Waals surface area (Å²) in [5.41, 5.74) is 0.687. The normalized spacial score (nSPS) is 10.6. The van der Waals surface area contributed by atoms with E-state index < -0.39 is 5.97 Å². The van der Waals surface area contributed by atoms with Gasteiger partial charge in [0.25, 0.3) is 0 Å². The first-order valence-electron chi connectivity index (χ1n) is 3.45. The van der Waals surface area contributed by atoms with Gasteiger partial charge in [0.1, 0.15) is 0 Å². The van der Waals surface area contributed by atoms with Crippen molar-refractivity contribution in [2.45, 2.75) is 0 Å². The number of rotatable bonds is 2. The molecule has 0 unspecified atom stereocenters. The van der Waals surface area contributed by atoms with Crippen LogP contribution in [-0.4, -0.2) is 11.1 Å². The van der Waals surface area contributed by atoms with Gasteiger partial charge in [-0.05, 0) is 23.8 Å². The lowest BCUT2D eigenvalue weighted by atomic mass is 10.2. The maximum atomic E-state index is 10.2. The van der Waals surface area contributed by atoms with Gasteiger partial charge in [0.2, 0.25) is 0 Å². The van der Waals surface area contributed by atoms with Crippen LogP contribution in [0.15, 0.2) is 28.7 Å². The number of halogens is 2. The smallest absolute Gasteiger partial charge is 0.328 e. The fourth-order valence-corrected chi connectivity index (χ4v) is 1.53. The van der Waals surface area contributed by atoms with E-state index in [0.717, 1.165) is 10.5 Å². The third-order valence-corrected chi connectivity index (χ3v) is 2.19. The van der Waals surface area contributed by atoms with E-state index in [9.17, 15) is 4.79 Å². The zero-order valence-electron chi connectivity index (χ0n) is 6.50. The first kappa shape index (κ1) is 10.3. The van der Waals surface area contributed by atoms with Crippen molar-refractivity contribution in [3.8, 4) is 0 Å². The molecular formula is C9H6BrClO2. The Labute approximate surface area is 89.0 Å². The second kappa shape index (κ2) is 4.44. The molecule has 1 aromatic carbocycles. The Hall–Kier alpha value is -0.800. The standard InChI is InChI=1S/C9H6BrClO2/c10-7-3-1-6(8(11)5-7)2-4-9(12)13/h1-5H,(H,12,13)/b4-2-. The van der Waals surface area contributed by atoms with Crippen LogP contribution in [-0.2, 0) is 4.79 Å². The Morgan fingerprint density at radius 3 is 2.77 bits per heavy atom. The number of hydrogen-bond acceptors (Lipinski definition) is 1. The molecule has 0 bridgehead atoms. The topological polar surface area (TPSA) is 37.3 Å². The lowest BCUT2D eigenvalue weighted by Crippen LogP contribution is -1.85. The van der Waals surface area contributed by atoms with Gasteiger partial charge in [-0.15, -0.1) is 0 Å². The quantitative estimate of drug-likeness (QED) is 0.830. The third-order valence-electron chi connectivity index (χ3n) is 1.37. The fourth-order valence-electron chi connectivity index (χ4n) is 0.798. The summed E-state index contributed by atoms with van der Waals surface area (Å²) in [6, 6.07) is 5.25. The van der Waals surface area contributed by atoms with Crippen molar-refractivity contribution >= 4 is 39.6 Å². The van der Waals surface area contributed by atoms with Crippen molar-refractivity contribution in [2.24, 2.45) is 0 Å². The first-order valence-corrected chi connectivity index (χ1v) is 4.63. The fraction of sp³-hybridized carbons (Fsp3) is 0. The van der Waals surface area contributed by atoms with Gasteiger partial charge in [0, 0.05) is 15.6 Å². The molecule has 0 saturated heterocycles.